The first-order chi connectivity index (χ1) is 15.4. The second-order valence-corrected chi connectivity index (χ2v) is 8.32. The number of benzene rings is 1. The standard InChI is InChI=1S/C25H29N5O2/c1-16-7-5-9-21(23(16)32-4)24(31)30-12-6-8-19(15-30)22-11-10-20(14-26-22)29-25-27-17(2)13-18(3)28-25/h5,7,9-11,13-14,19H,6,8,12,15H2,1-4H3,(H,27,28,29). The Hall–Kier alpha value is -3.48. The van der Waals surface area contributed by atoms with Crippen LogP contribution in [0.25, 0.3) is 0 Å². The van der Waals surface area contributed by atoms with Gasteiger partial charge in [0.15, 0.2) is 0 Å². The molecule has 7 nitrogen and oxygen atoms in total. The van der Waals surface area contributed by atoms with E-state index in [2.05, 4.69) is 20.3 Å². The third-order valence-corrected chi connectivity index (χ3v) is 5.80. The molecule has 1 amide bonds. The van der Waals surface area contributed by atoms with Crippen molar-refractivity contribution in [3.05, 3.63) is 70.8 Å². The summed E-state index contributed by atoms with van der Waals surface area (Å²) >= 11 is 0. The van der Waals surface area contributed by atoms with Crippen LogP contribution in [0.15, 0.2) is 42.6 Å². The van der Waals surface area contributed by atoms with Gasteiger partial charge in [0, 0.05) is 36.1 Å². The lowest BCUT2D eigenvalue weighted by atomic mass is 9.93. The largest absolute Gasteiger partial charge is 0.496 e. The van der Waals surface area contributed by atoms with E-state index < -0.39 is 0 Å². The Kier molecular flexibility index (Phi) is 6.35. The lowest BCUT2D eigenvalue weighted by molar-refractivity contribution is 0.0702. The number of hydrogen-bond donors (Lipinski definition) is 1. The van der Waals surface area contributed by atoms with E-state index in [-0.39, 0.29) is 11.8 Å². The van der Waals surface area contributed by atoms with Gasteiger partial charge in [0.2, 0.25) is 5.95 Å². The van der Waals surface area contributed by atoms with Gasteiger partial charge in [-0.3, -0.25) is 9.78 Å². The second-order valence-electron chi connectivity index (χ2n) is 8.32. The molecule has 0 aliphatic carbocycles. The number of ether oxygens (including phenoxy) is 1. The Bertz CT molecular complexity index is 1090. The highest BCUT2D eigenvalue weighted by molar-refractivity contribution is 5.97. The smallest absolute Gasteiger partial charge is 0.257 e. The van der Waals surface area contributed by atoms with Crippen molar-refractivity contribution < 1.29 is 9.53 Å². The summed E-state index contributed by atoms with van der Waals surface area (Å²) in [5.41, 5.74) is 5.25. The van der Waals surface area contributed by atoms with E-state index in [0.717, 1.165) is 47.7 Å². The molecular formula is C25H29N5O2. The van der Waals surface area contributed by atoms with Gasteiger partial charge in [-0.15, -0.1) is 0 Å². The van der Waals surface area contributed by atoms with Crippen LogP contribution in [0.5, 0.6) is 5.75 Å². The average molecular weight is 432 g/mol. The van der Waals surface area contributed by atoms with E-state index >= 15 is 0 Å². The van der Waals surface area contributed by atoms with Crippen molar-refractivity contribution >= 4 is 17.5 Å². The Morgan fingerprint density at radius 3 is 2.59 bits per heavy atom. The molecule has 1 fully saturated rings. The number of pyridine rings is 1. The number of para-hydroxylation sites is 1. The highest BCUT2D eigenvalue weighted by atomic mass is 16.5. The normalized spacial score (nSPS) is 16.0. The van der Waals surface area contributed by atoms with Crippen LogP contribution in [-0.4, -0.2) is 46.0 Å². The predicted octanol–water partition coefficient (Wildman–Crippen LogP) is 4.57. The molecule has 0 bridgehead atoms. The summed E-state index contributed by atoms with van der Waals surface area (Å²) < 4.78 is 5.50. The predicted molar refractivity (Wildman–Crippen MR) is 125 cm³/mol. The Balaban J connectivity index is 1.46. The number of rotatable bonds is 5. The molecule has 3 heterocycles. The number of anilines is 2. The number of amides is 1. The summed E-state index contributed by atoms with van der Waals surface area (Å²) in [5, 5.41) is 3.22. The van der Waals surface area contributed by atoms with Crippen LogP contribution in [-0.2, 0) is 0 Å². The van der Waals surface area contributed by atoms with Gasteiger partial charge in [-0.05, 0) is 63.4 Å². The second kappa shape index (κ2) is 9.34. The number of aromatic nitrogens is 3. The summed E-state index contributed by atoms with van der Waals surface area (Å²) in [6, 6.07) is 11.7. The van der Waals surface area contributed by atoms with E-state index in [1.165, 1.54) is 0 Å². The molecule has 1 N–H and O–H groups in total. The van der Waals surface area contributed by atoms with Crippen LogP contribution < -0.4 is 10.1 Å². The minimum Gasteiger partial charge on any atom is -0.496 e. The fraction of sp³-hybridized carbons (Fsp3) is 0.360. The molecular weight excluding hydrogens is 402 g/mol. The number of likely N-dealkylation sites (tertiary alicyclic amines) is 1. The van der Waals surface area contributed by atoms with E-state index in [1.54, 1.807) is 13.3 Å². The van der Waals surface area contributed by atoms with Crippen molar-refractivity contribution in [2.24, 2.45) is 0 Å². The van der Waals surface area contributed by atoms with Crippen LogP contribution in [0.1, 0.15) is 51.8 Å². The van der Waals surface area contributed by atoms with Crippen LogP contribution in [0.4, 0.5) is 11.6 Å². The summed E-state index contributed by atoms with van der Waals surface area (Å²) in [4.78, 5) is 28.6. The van der Waals surface area contributed by atoms with Gasteiger partial charge in [0.05, 0.1) is 24.6 Å². The van der Waals surface area contributed by atoms with Crippen molar-refractivity contribution in [1.82, 2.24) is 19.9 Å². The maximum absolute atomic E-state index is 13.2. The molecule has 166 valence electrons. The minimum atomic E-state index is 0.0144. The summed E-state index contributed by atoms with van der Waals surface area (Å²) in [6.07, 6.45) is 3.76. The lowest BCUT2D eigenvalue weighted by Crippen LogP contribution is -2.39. The number of aryl methyl sites for hydroxylation is 3. The van der Waals surface area contributed by atoms with Crippen LogP contribution in [0, 0.1) is 20.8 Å². The maximum Gasteiger partial charge on any atom is 0.257 e. The highest BCUT2D eigenvalue weighted by Gasteiger charge is 2.28. The number of piperidine rings is 1. The van der Waals surface area contributed by atoms with Gasteiger partial charge >= 0.3 is 0 Å². The average Bonchev–Trinajstić information content (AvgIpc) is 2.78. The Morgan fingerprint density at radius 2 is 1.91 bits per heavy atom. The Labute approximate surface area is 188 Å². The molecule has 4 rings (SSSR count). The molecule has 1 aliphatic rings. The van der Waals surface area contributed by atoms with Crippen molar-refractivity contribution in [1.29, 1.82) is 0 Å². The summed E-state index contributed by atoms with van der Waals surface area (Å²) in [7, 11) is 1.61. The molecule has 0 spiro atoms. The first kappa shape index (κ1) is 21.7. The van der Waals surface area contributed by atoms with Gasteiger partial charge in [0.25, 0.3) is 5.91 Å². The van der Waals surface area contributed by atoms with Gasteiger partial charge in [-0.25, -0.2) is 9.97 Å². The fourth-order valence-electron chi connectivity index (χ4n) is 4.30. The number of nitrogens with one attached hydrogen (secondary N) is 1. The first-order valence-corrected chi connectivity index (χ1v) is 10.9. The minimum absolute atomic E-state index is 0.0144. The molecule has 32 heavy (non-hydrogen) atoms. The Morgan fingerprint density at radius 1 is 1.12 bits per heavy atom. The van der Waals surface area contributed by atoms with Gasteiger partial charge in [-0.2, -0.15) is 0 Å². The molecule has 1 saturated heterocycles. The zero-order chi connectivity index (χ0) is 22.7. The van der Waals surface area contributed by atoms with E-state index in [9.17, 15) is 4.79 Å². The number of hydrogen-bond acceptors (Lipinski definition) is 6. The third-order valence-electron chi connectivity index (χ3n) is 5.80. The highest BCUT2D eigenvalue weighted by Crippen LogP contribution is 2.30. The van der Waals surface area contributed by atoms with Gasteiger partial charge in [-0.1, -0.05) is 12.1 Å². The summed E-state index contributed by atoms with van der Waals surface area (Å²) in [5.74, 6) is 1.44. The number of nitrogens with zero attached hydrogens (tertiary/aromatic N) is 4. The van der Waals surface area contributed by atoms with E-state index in [4.69, 9.17) is 4.74 Å². The van der Waals surface area contributed by atoms with Gasteiger partial charge < -0.3 is 15.0 Å². The SMILES string of the molecule is COc1c(C)cccc1C(=O)N1CCCC(c2ccc(Nc3nc(C)cc(C)n3)cn2)C1. The monoisotopic (exact) mass is 431 g/mol. The first-order valence-electron chi connectivity index (χ1n) is 10.9. The van der Waals surface area contributed by atoms with E-state index in [1.807, 2.05) is 62.1 Å². The van der Waals surface area contributed by atoms with E-state index in [0.29, 0.717) is 23.8 Å². The molecule has 0 radical (unpaired) electrons. The zero-order valence-corrected chi connectivity index (χ0v) is 19.1. The molecule has 3 aromatic rings. The third kappa shape index (κ3) is 4.72. The number of carbonyl (C=O) groups is 1. The lowest BCUT2D eigenvalue weighted by Gasteiger charge is -2.33. The molecule has 1 aromatic carbocycles. The maximum atomic E-state index is 13.2. The van der Waals surface area contributed by atoms with Crippen LogP contribution in [0.3, 0.4) is 0 Å². The van der Waals surface area contributed by atoms with Crippen LogP contribution in [0.2, 0.25) is 0 Å². The molecule has 2 aromatic heterocycles. The fourth-order valence-corrected chi connectivity index (χ4v) is 4.30. The number of methoxy groups -OCH3 is 1. The molecule has 1 aliphatic heterocycles. The van der Waals surface area contributed by atoms with Crippen LogP contribution >= 0.6 is 0 Å². The van der Waals surface area contributed by atoms with Crippen molar-refractivity contribution in [2.45, 2.75) is 39.5 Å². The molecule has 1 atom stereocenters. The van der Waals surface area contributed by atoms with Gasteiger partial charge in [0.1, 0.15) is 5.75 Å². The van der Waals surface area contributed by atoms with Crippen molar-refractivity contribution in [3.8, 4) is 5.75 Å². The molecule has 0 saturated carbocycles. The van der Waals surface area contributed by atoms with Crippen molar-refractivity contribution in [2.75, 3.05) is 25.5 Å². The topological polar surface area (TPSA) is 80.2 Å². The quantitative estimate of drug-likeness (QED) is 0.637. The molecule has 7 heteroatoms. The number of carbonyl (C=O) groups excluding carboxylic acids is 1. The zero-order valence-electron chi connectivity index (χ0n) is 19.1. The molecule has 1 unspecified atom stereocenters. The summed E-state index contributed by atoms with van der Waals surface area (Å²) in [6.45, 7) is 7.25. The van der Waals surface area contributed by atoms with Crippen molar-refractivity contribution in [3.63, 3.8) is 0 Å².